The zero-order chi connectivity index (χ0) is 32.6. The molecule has 0 saturated carbocycles. The second-order valence-electron chi connectivity index (χ2n) is 10.0. The Bertz CT molecular complexity index is 2000. The number of urea groups is 1. The number of carbonyl (C=O) groups excluding carboxylic acids is 2. The van der Waals surface area contributed by atoms with Crippen LogP contribution in [0.2, 0.25) is 0 Å². The van der Waals surface area contributed by atoms with Gasteiger partial charge in [0.05, 0.1) is 17.1 Å². The number of alkyl halides is 5. The zero-order valence-corrected chi connectivity index (χ0v) is 24.4. The molecule has 234 valence electrons. The van der Waals surface area contributed by atoms with Crippen LogP contribution in [0.1, 0.15) is 5.56 Å². The normalized spacial score (nSPS) is 14.7. The SMILES string of the molecule is Cc1cc(-c2ncn(-c3ccc(OC(F)(F)C(F)(F)F)cc3)n2)ccc1NC(=O)/N=C1\SCC(=O)N1c1ccc2ccccc2c1. The monoisotopic (exact) mass is 652 g/mol. The fraction of sp³-hybridized carbons (Fsp3) is 0.129. The molecule has 1 aromatic heterocycles. The molecule has 0 bridgehead atoms. The van der Waals surface area contributed by atoms with Crippen molar-refractivity contribution in [2.75, 3.05) is 16.0 Å². The number of nitrogens with zero attached hydrogens (tertiary/aromatic N) is 5. The zero-order valence-electron chi connectivity index (χ0n) is 23.6. The highest BCUT2D eigenvalue weighted by molar-refractivity contribution is 8.15. The highest BCUT2D eigenvalue weighted by Crippen LogP contribution is 2.37. The second kappa shape index (κ2) is 11.9. The standard InChI is InChI=1S/C31H21F5N6O3S/c1-18-14-21(27-37-17-41(40-27)22-9-11-24(12-10-22)45-31(35,36)30(32,33)34)7-13-25(18)38-28(44)39-29-42(26(43)16-46-29)23-8-6-19-4-2-3-5-20(19)15-23/h2-15,17H,16H2,1H3,(H,38,44)/b39-29-. The number of hydrogen-bond acceptors (Lipinski definition) is 6. The molecule has 3 amide bonds. The first-order valence-corrected chi connectivity index (χ1v) is 14.5. The molecule has 5 aromatic rings. The van der Waals surface area contributed by atoms with Crippen LogP contribution in [-0.2, 0) is 4.79 Å². The van der Waals surface area contributed by atoms with Crippen molar-refractivity contribution in [3.8, 4) is 22.8 Å². The van der Waals surface area contributed by atoms with Gasteiger partial charge in [0.15, 0.2) is 11.0 Å². The lowest BCUT2D eigenvalue weighted by Crippen LogP contribution is -2.41. The third-order valence-corrected chi connectivity index (χ3v) is 7.77. The molecule has 9 nitrogen and oxygen atoms in total. The van der Waals surface area contributed by atoms with Crippen molar-refractivity contribution in [3.63, 3.8) is 0 Å². The van der Waals surface area contributed by atoms with Crippen molar-refractivity contribution < 1.29 is 36.3 Å². The predicted octanol–water partition coefficient (Wildman–Crippen LogP) is 7.60. The van der Waals surface area contributed by atoms with Crippen LogP contribution in [-0.4, -0.2) is 49.9 Å². The van der Waals surface area contributed by atoms with E-state index in [1.165, 1.54) is 39.8 Å². The molecule has 0 spiro atoms. The first kappa shape index (κ1) is 30.7. The number of rotatable bonds is 6. The van der Waals surface area contributed by atoms with Gasteiger partial charge in [-0.15, -0.1) is 5.10 Å². The van der Waals surface area contributed by atoms with Gasteiger partial charge in [0.1, 0.15) is 12.1 Å². The van der Waals surface area contributed by atoms with E-state index in [0.717, 1.165) is 22.9 Å². The molecule has 0 unspecified atom stereocenters. The average Bonchev–Trinajstić information content (AvgIpc) is 3.65. The van der Waals surface area contributed by atoms with E-state index in [0.29, 0.717) is 28.2 Å². The van der Waals surface area contributed by atoms with Crippen LogP contribution >= 0.6 is 11.8 Å². The summed E-state index contributed by atoms with van der Waals surface area (Å²) in [7, 11) is 0. The molecule has 46 heavy (non-hydrogen) atoms. The molecule has 0 radical (unpaired) electrons. The number of amides is 3. The molecule has 6 rings (SSSR count). The largest absolute Gasteiger partial charge is 0.499 e. The number of halogens is 5. The number of amidine groups is 1. The van der Waals surface area contributed by atoms with Crippen molar-refractivity contribution in [1.82, 2.24) is 14.8 Å². The van der Waals surface area contributed by atoms with Crippen molar-refractivity contribution >= 4 is 51.0 Å². The van der Waals surface area contributed by atoms with Gasteiger partial charge in [0, 0.05) is 11.3 Å². The Hall–Kier alpha value is -5.31. The topological polar surface area (TPSA) is 102 Å². The summed E-state index contributed by atoms with van der Waals surface area (Å²) in [5.74, 6) is -0.425. The number of carbonyl (C=O) groups is 2. The molecule has 0 aliphatic carbocycles. The molecule has 1 aliphatic heterocycles. The number of aromatic nitrogens is 3. The number of ether oxygens (including phenoxy) is 1. The average molecular weight is 653 g/mol. The highest BCUT2D eigenvalue weighted by Gasteiger charge is 2.61. The van der Waals surface area contributed by atoms with E-state index in [9.17, 15) is 31.5 Å². The lowest BCUT2D eigenvalue weighted by Gasteiger charge is -2.20. The van der Waals surface area contributed by atoms with Gasteiger partial charge in [-0.3, -0.25) is 9.69 Å². The summed E-state index contributed by atoms with van der Waals surface area (Å²) in [6, 6.07) is 22.1. The maximum Gasteiger partial charge on any atom is 0.499 e. The number of aliphatic imine (C=N–C) groups is 1. The van der Waals surface area contributed by atoms with Crippen molar-refractivity contribution in [1.29, 1.82) is 0 Å². The Balaban J connectivity index is 1.14. The smallest absolute Gasteiger partial charge is 0.426 e. The fourth-order valence-corrected chi connectivity index (χ4v) is 5.45. The molecule has 1 aliphatic rings. The van der Waals surface area contributed by atoms with Crippen LogP contribution in [0, 0.1) is 6.92 Å². The van der Waals surface area contributed by atoms with Crippen LogP contribution in [0.4, 0.5) is 38.1 Å². The van der Waals surface area contributed by atoms with Crippen LogP contribution in [0.5, 0.6) is 5.75 Å². The van der Waals surface area contributed by atoms with Crippen molar-refractivity contribution in [3.05, 3.63) is 96.8 Å². The Labute approximate surface area is 261 Å². The molecule has 1 saturated heterocycles. The van der Waals surface area contributed by atoms with E-state index in [-0.39, 0.29) is 22.7 Å². The van der Waals surface area contributed by atoms with E-state index in [2.05, 4.69) is 25.1 Å². The van der Waals surface area contributed by atoms with Gasteiger partial charge in [0.25, 0.3) is 0 Å². The molecule has 2 heterocycles. The summed E-state index contributed by atoms with van der Waals surface area (Å²) in [6.45, 7) is 1.76. The minimum Gasteiger partial charge on any atom is -0.426 e. The van der Waals surface area contributed by atoms with Crippen molar-refractivity contribution in [2.24, 2.45) is 4.99 Å². The molecule has 1 N–H and O–H groups in total. The third-order valence-electron chi connectivity index (χ3n) is 6.85. The van der Waals surface area contributed by atoms with Gasteiger partial charge in [-0.2, -0.15) is 26.9 Å². The third kappa shape index (κ3) is 6.26. The molecule has 4 aromatic carbocycles. The summed E-state index contributed by atoms with van der Waals surface area (Å²) in [4.78, 5) is 35.4. The van der Waals surface area contributed by atoms with E-state index < -0.39 is 24.1 Å². The van der Waals surface area contributed by atoms with Gasteiger partial charge in [-0.05, 0) is 77.9 Å². The van der Waals surface area contributed by atoms with Crippen LogP contribution in [0.15, 0.2) is 96.2 Å². The summed E-state index contributed by atoms with van der Waals surface area (Å²) in [5.41, 5.74) is 2.67. The summed E-state index contributed by atoms with van der Waals surface area (Å²) in [5, 5.41) is 9.30. The Morgan fingerprint density at radius 2 is 1.65 bits per heavy atom. The number of anilines is 2. The first-order chi connectivity index (χ1) is 21.9. The minimum atomic E-state index is -5.86. The number of thioether (sulfide) groups is 1. The van der Waals surface area contributed by atoms with E-state index in [1.807, 2.05) is 36.4 Å². The Morgan fingerprint density at radius 1 is 0.935 bits per heavy atom. The molecular weight excluding hydrogens is 631 g/mol. The number of nitrogens with one attached hydrogen (secondary N) is 1. The number of fused-ring (bicyclic) bond motifs is 1. The van der Waals surface area contributed by atoms with Gasteiger partial charge >= 0.3 is 18.3 Å². The number of aryl methyl sites for hydroxylation is 1. The quantitative estimate of drug-likeness (QED) is 0.190. The molecular formula is C31H21F5N6O3S. The van der Waals surface area contributed by atoms with Crippen LogP contribution in [0.25, 0.3) is 27.8 Å². The Kier molecular flexibility index (Phi) is 7.94. The summed E-state index contributed by atoms with van der Waals surface area (Å²) < 4.78 is 68.7. The number of benzene rings is 4. The number of hydrogen-bond donors (Lipinski definition) is 1. The minimum absolute atomic E-state index is 0.151. The lowest BCUT2D eigenvalue weighted by molar-refractivity contribution is -0.360. The van der Waals surface area contributed by atoms with Crippen molar-refractivity contribution in [2.45, 2.75) is 19.2 Å². The van der Waals surface area contributed by atoms with E-state index in [1.54, 1.807) is 31.2 Å². The fourth-order valence-electron chi connectivity index (χ4n) is 4.58. The Morgan fingerprint density at radius 3 is 2.37 bits per heavy atom. The van der Waals surface area contributed by atoms with Gasteiger partial charge in [-0.1, -0.05) is 42.1 Å². The second-order valence-corrected chi connectivity index (χ2v) is 11.0. The molecule has 1 fully saturated rings. The summed E-state index contributed by atoms with van der Waals surface area (Å²) >= 11 is 1.17. The van der Waals surface area contributed by atoms with Gasteiger partial charge in [0.2, 0.25) is 5.91 Å². The van der Waals surface area contributed by atoms with Gasteiger partial charge in [-0.25, -0.2) is 14.5 Å². The highest BCUT2D eigenvalue weighted by atomic mass is 32.2. The predicted molar refractivity (Wildman–Crippen MR) is 164 cm³/mol. The maximum absolute atomic E-state index is 13.2. The maximum atomic E-state index is 13.2. The van der Waals surface area contributed by atoms with E-state index in [4.69, 9.17) is 0 Å². The van der Waals surface area contributed by atoms with Crippen LogP contribution in [0.3, 0.4) is 0 Å². The van der Waals surface area contributed by atoms with Crippen LogP contribution < -0.4 is 15.0 Å². The van der Waals surface area contributed by atoms with E-state index >= 15 is 0 Å². The molecule has 0 atom stereocenters. The van der Waals surface area contributed by atoms with Gasteiger partial charge < -0.3 is 10.1 Å². The molecule has 15 heteroatoms. The first-order valence-electron chi connectivity index (χ1n) is 13.5. The summed E-state index contributed by atoms with van der Waals surface area (Å²) in [6.07, 6.45) is -9.84. The lowest BCUT2D eigenvalue weighted by atomic mass is 10.1.